The Balaban J connectivity index is 2.94. The van der Waals surface area contributed by atoms with Gasteiger partial charge < -0.3 is 9.90 Å². The summed E-state index contributed by atoms with van der Waals surface area (Å²) in [6, 6.07) is 4.83. The van der Waals surface area contributed by atoms with E-state index in [-0.39, 0.29) is 11.2 Å². The zero-order valence-corrected chi connectivity index (χ0v) is 10.5. The molecule has 0 aliphatic carbocycles. The lowest BCUT2D eigenvalue weighted by Crippen LogP contribution is -2.37. The van der Waals surface area contributed by atoms with E-state index in [9.17, 15) is 18.0 Å². The molecule has 0 aliphatic heterocycles. The first kappa shape index (κ1) is 14.3. The van der Waals surface area contributed by atoms with Gasteiger partial charge in [0.2, 0.25) is 10.0 Å². The summed E-state index contributed by atoms with van der Waals surface area (Å²) in [6.45, 7) is 1.73. The minimum atomic E-state index is -3.88. The monoisotopic (exact) mass is 271 g/mol. The highest BCUT2D eigenvalue weighted by atomic mass is 32.2. The number of carboxylic acid groups (broad SMARTS) is 1. The van der Waals surface area contributed by atoms with Crippen molar-refractivity contribution in [2.45, 2.75) is 24.3 Å². The molecular weight excluding hydrogens is 258 g/mol. The van der Waals surface area contributed by atoms with Crippen LogP contribution in [0.25, 0.3) is 0 Å². The van der Waals surface area contributed by atoms with Crippen molar-refractivity contribution in [3.8, 4) is 0 Å². The minimum absolute atomic E-state index is 0.000242. The molecule has 0 unspecified atom stereocenters. The largest absolute Gasteiger partial charge is 0.481 e. The third-order valence-electron chi connectivity index (χ3n) is 2.17. The van der Waals surface area contributed by atoms with Crippen LogP contribution in [-0.4, -0.2) is 31.8 Å². The van der Waals surface area contributed by atoms with Crippen LogP contribution in [0.3, 0.4) is 0 Å². The van der Waals surface area contributed by atoms with Gasteiger partial charge in [-0.25, -0.2) is 13.1 Å². The van der Waals surface area contributed by atoms with Crippen LogP contribution in [0.2, 0.25) is 0 Å². The molecular formula is C11H13NO5S. The number of carboxylic acids is 1. The van der Waals surface area contributed by atoms with Gasteiger partial charge in [0.1, 0.15) is 6.29 Å². The van der Waals surface area contributed by atoms with Crippen LogP contribution in [0, 0.1) is 6.92 Å². The molecule has 7 heteroatoms. The summed E-state index contributed by atoms with van der Waals surface area (Å²) in [5.41, 5.74) is 0.749. The van der Waals surface area contributed by atoms with Crippen LogP contribution in [0.5, 0.6) is 0 Å². The van der Waals surface area contributed by atoms with Crippen LogP contribution < -0.4 is 4.72 Å². The maximum Gasteiger partial charge on any atom is 0.305 e. The summed E-state index contributed by atoms with van der Waals surface area (Å²) in [5, 5.41) is 8.53. The van der Waals surface area contributed by atoms with Gasteiger partial charge in [-0.15, -0.1) is 0 Å². The van der Waals surface area contributed by atoms with E-state index in [0.29, 0.717) is 0 Å². The van der Waals surface area contributed by atoms with Crippen molar-refractivity contribution in [1.29, 1.82) is 0 Å². The Morgan fingerprint density at radius 3 is 2.67 bits per heavy atom. The average molecular weight is 271 g/mol. The molecule has 6 nitrogen and oxygen atoms in total. The summed E-state index contributed by atoms with van der Waals surface area (Å²) in [4.78, 5) is 21.1. The average Bonchev–Trinajstić information content (AvgIpc) is 2.27. The zero-order valence-electron chi connectivity index (χ0n) is 9.66. The molecule has 2 N–H and O–H groups in total. The van der Waals surface area contributed by atoms with Gasteiger partial charge in [0, 0.05) is 0 Å². The highest BCUT2D eigenvalue weighted by molar-refractivity contribution is 7.89. The maximum atomic E-state index is 11.9. The fourth-order valence-corrected chi connectivity index (χ4v) is 2.63. The summed E-state index contributed by atoms with van der Waals surface area (Å²) in [5.74, 6) is -1.25. The molecule has 18 heavy (non-hydrogen) atoms. The Morgan fingerprint density at radius 2 is 2.17 bits per heavy atom. The number of carbonyl (C=O) groups is 2. The molecule has 0 aromatic heterocycles. The zero-order chi connectivity index (χ0) is 13.8. The van der Waals surface area contributed by atoms with E-state index in [1.54, 1.807) is 19.1 Å². The molecule has 0 saturated carbocycles. The number of benzene rings is 1. The smallest absolute Gasteiger partial charge is 0.305 e. The predicted molar refractivity (Wildman–Crippen MR) is 63.6 cm³/mol. The van der Waals surface area contributed by atoms with Gasteiger partial charge in [-0.2, -0.15) is 0 Å². The quantitative estimate of drug-likeness (QED) is 0.725. The van der Waals surface area contributed by atoms with Crippen LogP contribution in [0.4, 0.5) is 0 Å². The molecule has 1 rings (SSSR count). The minimum Gasteiger partial charge on any atom is -0.481 e. The fourth-order valence-electron chi connectivity index (χ4n) is 1.36. The predicted octanol–water partition coefficient (Wildman–Crippen LogP) is 0.316. The number of hydrogen-bond donors (Lipinski definition) is 2. The van der Waals surface area contributed by atoms with Crippen molar-refractivity contribution in [1.82, 2.24) is 4.72 Å². The molecule has 1 aromatic carbocycles. The molecule has 0 spiro atoms. The Kier molecular flexibility index (Phi) is 4.57. The molecule has 0 bridgehead atoms. The van der Waals surface area contributed by atoms with Gasteiger partial charge in [0.15, 0.2) is 0 Å². The van der Waals surface area contributed by atoms with Crippen molar-refractivity contribution in [2.24, 2.45) is 0 Å². The van der Waals surface area contributed by atoms with Crippen molar-refractivity contribution >= 4 is 22.3 Å². The molecule has 1 aromatic rings. The summed E-state index contributed by atoms with van der Waals surface area (Å²) in [6.07, 6.45) is -0.323. The van der Waals surface area contributed by atoms with Crippen molar-refractivity contribution in [2.75, 3.05) is 0 Å². The van der Waals surface area contributed by atoms with E-state index in [4.69, 9.17) is 5.11 Å². The third-order valence-corrected chi connectivity index (χ3v) is 3.65. The van der Waals surface area contributed by atoms with E-state index in [2.05, 4.69) is 0 Å². The van der Waals surface area contributed by atoms with Gasteiger partial charge in [0.25, 0.3) is 0 Å². The standard InChI is InChI=1S/C11H13NO5S/c1-8-3-2-4-10(5-8)18(16,17)12-9(7-13)6-11(14)15/h2-5,7,9,12H,6H2,1H3,(H,14,15)/t9-/m0/s1. The number of aryl methyl sites for hydroxylation is 1. The number of sulfonamides is 1. The molecule has 0 aliphatic rings. The molecule has 0 radical (unpaired) electrons. The van der Waals surface area contributed by atoms with E-state index in [1.807, 2.05) is 4.72 Å². The molecule has 1 atom stereocenters. The molecule has 0 saturated heterocycles. The second-order valence-corrected chi connectivity index (χ2v) is 5.49. The van der Waals surface area contributed by atoms with Crippen molar-refractivity contribution < 1.29 is 23.1 Å². The molecule has 0 heterocycles. The topological polar surface area (TPSA) is 101 Å². The SMILES string of the molecule is Cc1cccc(S(=O)(=O)N[C@H](C=O)CC(=O)O)c1. The number of hydrogen-bond acceptors (Lipinski definition) is 4. The molecule has 0 fully saturated rings. The maximum absolute atomic E-state index is 11.9. The van der Waals surface area contributed by atoms with Gasteiger partial charge in [-0.05, 0) is 24.6 Å². The first-order valence-electron chi connectivity index (χ1n) is 5.11. The highest BCUT2D eigenvalue weighted by Gasteiger charge is 2.21. The lowest BCUT2D eigenvalue weighted by atomic mass is 10.2. The number of nitrogens with one attached hydrogen (secondary N) is 1. The Labute approximate surface area is 105 Å². The van der Waals surface area contributed by atoms with E-state index >= 15 is 0 Å². The lowest BCUT2D eigenvalue weighted by molar-refractivity contribution is -0.138. The summed E-state index contributed by atoms with van der Waals surface area (Å²) in [7, 11) is -3.88. The number of carbonyl (C=O) groups excluding carboxylic acids is 1. The van der Waals surface area contributed by atoms with Crippen molar-refractivity contribution in [3.05, 3.63) is 29.8 Å². The second kappa shape index (κ2) is 5.74. The Hall–Kier alpha value is -1.73. The Bertz CT molecular complexity index is 552. The van der Waals surface area contributed by atoms with E-state index in [1.165, 1.54) is 12.1 Å². The summed E-state index contributed by atoms with van der Waals surface area (Å²) >= 11 is 0. The molecule has 98 valence electrons. The first-order valence-corrected chi connectivity index (χ1v) is 6.59. The van der Waals surface area contributed by atoms with E-state index in [0.717, 1.165) is 5.56 Å². The first-order chi connectivity index (χ1) is 8.35. The fraction of sp³-hybridized carbons (Fsp3) is 0.273. The normalized spacial score (nSPS) is 12.9. The van der Waals surface area contributed by atoms with Gasteiger partial charge in [-0.3, -0.25) is 4.79 Å². The van der Waals surface area contributed by atoms with Gasteiger partial charge >= 0.3 is 5.97 Å². The molecule has 0 amide bonds. The second-order valence-electron chi connectivity index (χ2n) is 3.78. The third kappa shape index (κ3) is 3.94. The summed E-state index contributed by atoms with van der Waals surface area (Å²) < 4.78 is 25.8. The van der Waals surface area contributed by atoms with E-state index < -0.39 is 28.5 Å². The number of aldehydes is 1. The number of aliphatic carboxylic acids is 1. The van der Waals surface area contributed by atoms with Crippen LogP contribution in [0.15, 0.2) is 29.2 Å². The van der Waals surface area contributed by atoms with Gasteiger partial charge in [0.05, 0.1) is 17.4 Å². The van der Waals surface area contributed by atoms with Crippen LogP contribution >= 0.6 is 0 Å². The van der Waals surface area contributed by atoms with Crippen molar-refractivity contribution in [3.63, 3.8) is 0 Å². The highest BCUT2D eigenvalue weighted by Crippen LogP contribution is 2.11. The number of rotatable bonds is 6. The lowest BCUT2D eigenvalue weighted by Gasteiger charge is -2.11. The van der Waals surface area contributed by atoms with Crippen LogP contribution in [-0.2, 0) is 19.6 Å². The van der Waals surface area contributed by atoms with Gasteiger partial charge in [-0.1, -0.05) is 12.1 Å². The van der Waals surface area contributed by atoms with Crippen LogP contribution in [0.1, 0.15) is 12.0 Å². The Morgan fingerprint density at radius 1 is 1.50 bits per heavy atom.